The van der Waals surface area contributed by atoms with Gasteiger partial charge < -0.3 is 5.11 Å². The zero-order chi connectivity index (χ0) is 9.10. The molecule has 1 N–H and O–H groups in total. The molecule has 0 radical (unpaired) electrons. The molecular weight excluding hydrogens is 164 g/mol. The number of hydrogen-bond donors (Lipinski definition) is 1. The third-order valence-electron chi connectivity index (χ3n) is 3.16. The van der Waals surface area contributed by atoms with Gasteiger partial charge in [-0.1, -0.05) is 6.42 Å². The van der Waals surface area contributed by atoms with Crippen molar-refractivity contribution in [2.75, 3.05) is 26.3 Å². The fourth-order valence-corrected chi connectivity index (χ4v) is 2.33. The van der Waals surface area contributed by atoms with Crippen LogP contribution in [0.1, 0.15) is 32.1 Å². The maximum Gasteiger partial charge on any atom is 0.108 e. The van der Waals surface area contributed by atoms with Crippen LogP contribution in [0.2, 0.25) is 0 Å². The Kier molecular flexibility index (Phi) is 3.19. The summed E-state index contributed by atoms with van der Waals surface area (Å²) in [5.41, 5.74) is 0. The summed E-state index contributed by atoms with van der Waals surface area (Å²) in [7, 11) is 0. The van der Waals surface area contributed by atoms with Crippen LogP contribution in [0.25, 0.3) is 0 Å². The summed E-state index contributed by atoms with van der Waals surface area (Å²) in [6.45, 7) is 4.52. The van der Waals surface area contributed by atoms with Crippen LogP contribution in [0.4, 0.5) is 0 Å². The van der Waals surface area contributed by atoms with Crippen LogP contribution in [0.5, 0.6) is 0 Å². The van der Waals surface area contributed by atoms with Gasteiger partial charge in [0.1, 0.15) is 6.23 Å². The van der Waals surface area contributed by atoms with E-state index in [9.17, 15) is 5.11 Å². The molecule has 3 nitrogen and oxygen atoms in total. The minimum absolute atomic E-state index is 0.165. The highest BCUT2D eigenvalue weighted by Gasteiger charge is 2.24. The van der Waals surface area contributed by atoms with Gasteiger partial charge in [0.25, 0.3) is 0 Å². The average molecular weight is 184 g/mol. The van der Waals surface area contributed by atoms with Crippen molar-refractivity contribution in [3.05, 3.63) is 0 Å². The fraction of sp³-hybridized carbons (Fsp3) is 1.00. The molecule has 0 saturated carbocycles. The van der Waals surface area contributed by atoms with Crippen molar-refractivity contribution in [3.8, 4) is 0 Å². The first-order valence-corrected chi connectivity index (χ1v) is 5.51. The highest BCUT2D eigenvalue weighted by atomic mass is 16.3. The molecule has 2 rings (SSSR count). The summed E-state index contributed by atoms with van der Waals surface area (Å²) in [6, 6.07) is 0. The summed E-state index contributed by atoms with van der Waals surface area (Å²) in [5.74, 6) is 0. The van der Waals surface area contributed by atoms with Crippen LogP contribution in [-0.4, -0.2) is 47.4 Å². The van der Waals surface area contributed by atoms with E-state index < -0.39 is 0 Å². The molecule has 76 valence electrons. The molecule has 0 aromatic carbocycles. The van der Waals surface area contributed by atoms with Gasteiger partial charge in [0.2, 0.25) is 0 Å². The number of likely N-dealkylation sites (tertiary alicyclic amines) is 2. The molecule has 0 aromatic rings. The first kappa shape index (κ1) is 9.44. The van der Waals surface area contributed by atoms with Crippen molar-refractivity contribution in [1.29, 1.82) is 0 Å². The standard InChI is InChI=1S/C10H20N2O/c13-10-5-4-8-12(10)9-11-6-2-1-3-7-11/h10,13H,1-9H2. The van der Waals surface area contributed by atoms with E-state index >= 15 is 0 Å². The first-order chi connectivity index (χ1) is 6.36. The molecule has 0 aliphatic carbocycles. The Bertz CT molecular complexity index is 157. The smallest absolute Gasteiger partial charge is 0.108 e. The van der Waals surface area contributed by atoms with Crippen LogP contribution >= 0.6 is 0 Å². The van der Waals surface area contributed by atoms with Gasteiger partial charge in [0.05, 0.1) is 6.67 Å². The summed E-state index contributed by atoms with van der Waals surface area (Å²) in [4.78, 5) is 4.67. The number of nitrogens with zero attached hydrogens (tertiary/aromatic N) is 2. The third kappa shape index (κ3) is 2.42. The van der Waals surface area contributed by atoms with E-state index in [0.29, 0.717) is 0 Å². The Morgan fingerprint density at radius 3 is 2.38 bits per heavy atom. The molecule has 1 unspecified atom stereocenters. The van der Waals surface area contributed by atoms with Crippen LogP contribution in [0, 0.1) is 0 Å². The zero-order valence-electron chi connectivity index (χ0n) is 8.28. The number of aliphatic hydroxyl groups is 1. The summed E-state index contributed by atoms with van der Waals surface area (Å²) in [6.07, 6.45) is 6.03. The third-order valence-corrected chi connectivity index (χ3v) is 3.16. The van der Waals surface area contributed by atoms with Crippen LogP contribution < -0.4 is 0 Å². The lowest BCUT2D eigenvalue weighted by Gasteiger charge is -2.32. The maximum absolute atomic E-state index is 9.62. The highest BCUT2D eigenvalue weighted by molar-refractivity contribution is 4.72. The van der Waals surface area contributed by atoms with Crippen LogP contribution in [0.15, 0.2) is 0 Å². The van der Waals surface area contributed by atoms with E-state index in [2.05, 4.69) is 9.80 Å². The monoisotopic (exact) mass is 184 g/mol. The van der Waals surface area contributed by atoms with E-state index in [-0.39, 0.29) is 6.23 Å². The molecule has 0 aromatic heterocycles. The van der Waals surface area contributed by atoms with Crippen molar-refractivity contribution in [3.63, 3.8) is 0 Å². The zero-order valence-corrected chi connectivity index (χ0v) is 8.28. The van der Waals surface area contributed by atoms with E-state index in [0.717, 1.165) is 26.1 Å². The van der Waals surface area contributed by atoms with Crippen LogP contribution in [0.3, 0.4) is 0 Å². The lowest BCUT2D eigenvalue weighted by molar-refractivity contribution is -0.00389. The molecule has 1 atom stereocenters. The minimum atomic E-state index is -0.165. The lowest BCUT2D eigenvalue weighted by atomic mass is 10.1. The molecule has 2 saturated heterocycles. The van der Waals surface area contributed by atoms with Crippen molar-refractivity contribution >= 4 is 0 Å². The SMILES string of the molecule is OC1CCCN1CN1CCCCC1. The Morgan fingerprint density at radius 1 is 1.00 bits per heavy atom. The maximum atomic E-state index is 9.62. The Hall–Kier alpha value is -0.120. The van der Waals surface area contributed by atoms with E-state index in [1.165, 1.54) is 32.4 Å². The van der Waals surface area contributed by atoms with Crippen molar-refractivity contribution < 1.29 is 5.11 Å². The molecule has 2 aliphatic rings. The van der Waals surface area contributed by atoms with Crippen LogP contribution in [-0.2, 0) is 0 Å². The summed E-state index contributed by atoms with van der Waals surface area (Å²) < 4.78 is 0. The van der Waals surface area contributed by atoms with Gasteiger partial charge >= 0.3 is 0 Å². The topological polar surface area (TPSA) is 26.7 Å². The van der Waals surface area contributed by atoms with Gasteiger partial charge in [-0.25, -0.2) is 0 Å². The molecule has 0 bridgehead atoms. The van der Waals surface area contributed by atoms with Gasteiger partial charge in [0.15, 0.2) is 0 Å². The second-order valence-corrected chi connectivity index (χ2v) is 4.26. The molecule has 2 heterocycles. The van der Waals surface area contributed by atoms with Crippen molar-refractivity contribution in [1.82, 2.24) is 9.80 Å². The molecule has 3 heteroatoms. The normalized spacial score (nSPS) is 32.5. The van der Waals surface area contributed by atoms with Gasteiger partial charge in [-0.15, -0.1) is 0 Å². The Balaban J connectivity index is 1.75. The van der Waals surface area contributed by atoms with E-state index in [4.69, 9.17) is 0 Å². The van der Waals surface area contributed by atoms with Gasteiger partial charge in [-0.3, -0.25) is 9.80 Å². The van der Waals surface area contributed by atoms with E-state index in [1.54, 1.807) is 0 Å². The van der Waals surface area contributed by atoms with Gasteiger partial charge in [0, 0.05) is 6.54 Å². The number of aliphatic hydroxyl groups excluding tert-OH is 1. The molecule has 0 amide bonds. The average Bonchev–Trinajstić information content (AvgIpc) is 2.54. The summed E-state index contributed by atoms with van der Waals surface area (Å²) in [5, 5.41) is 9.62. The molecule has 2 aliphatic heterocycles. The predicted molar refractivity (Wildman–Crippen MR) is 52.2 cm³/mol. The second-order valence-electron chi connectivity index (χ2n) is 4.26. The van der Waals surface area contributed by atoms with Crippen molar-refractivity contribution in [2.45, 2.75) is 38.3 Å². The summed E-state index contributed by atoms with van der Waals surface area (Å²) >= 11 is 0. The lowest BCUT2D eigenvalue weighted by Crippen LogP contribution is -2.42. The predicted octanol–water partition coefficient (Wildman–Crippen LogP) is 0.844. The van der Waals surface area contributed by atoms with Gasteiger partial charge in [-0.2, -0.15) is 0 Å². The highest BCUT2D eigenvalue weighted by Crippen LogP contribution is 2.16. The first-order valence-electron chi connectivity index (χ1n) is 5.51. The fourth-order valence-electron chi connectivity index (χ4n) is 2.33. The second kappa shape index (κ2) is 4.40. The number of hydrogen-bond acceptors (Lipinski definition) is 3. The van der Waals surface area contributed by atoms with Gasteiger partial charge in [-0.05, 0) is 38.8 Å². The number of piperidine rings is 1. The molecule has 13 heavy (non-hydrogen) atoms. The quantitative estimate of drug-likeness (QED) is 0.689. The molecule has 0 spiro atoms. The molecule has 2 fully saturated rings. The van der Waals surface area contributed by atoms with Crippen molar-refractivity contribution in [2.24, 2.45) is 0 Å². The van der Waals surface area contributed by atoms with E-state index in [1.807, 2.05) is 0 Å². The number of rotatable bonds is 2. The largest absolute Gasteiger partial charge is 0.378 e. The Labute approximate surface area is 80.3 Å². The molecular formula is C10H20N2O. The Morgan fingerprint density at radius 2 is 1.77 bits per heavy atom. The minimum Gasteiger partial charge on any atom is -0.378 e.